The molecule has 0 fully saturated rings. The first-order valence-electron chi connectivity index (χ1n) is 4.71. The fourth-order valence-corrected chi connectivity index (χ4v) is 1.28. The van der Waals surface area contributed by atoms with E-state index in [-0.39, 0.29) is 5.41 Å². The van der Waals surface area contributed by atoms with Crippen LogP contribution < -0.4 is 4.90 Å². The molecule has 74 valence electrons. The second-order valence-electron chi connectivity index (χ2n) is 4.40. The first-order chi connectivity index (χ1) is 5.96. The van der Waals surface area contributed by atoms with E-state index >= 15 is 0 Å². The Kier molecular flexibility index (Phi) is 2.64. The second kappa shape index (κ2) is 3.40. The maximum absolute atomic E-state index is 4.09. The number of aromatic nitrogens is 2. The Morgan fingerprint density at radius 2 is 2.08 bits per heavy atom. The maximum atomic E-state index is 4.09. The molecule has 1 heterocycles. The number of rotatable bonds is 2. The van der Waals surface area contributed by atoms with Crippen LogP contribution in [0.5, 0.6) is 0 Å². The molecule has 1 rings (SSSR count). The van der Waals surface area contributed by atoms with E-state index in [1.807, 2.05) is 6.20 Å². The molecule has 0 saturated carbocycles. The Hall–Kier alpha value is -0.990. The van der Waals surface area contributed by atoms with Crippen LogP contribution in [0.1, 0.15) is 33.3 Å². The lowest BCUT2D eigenvalue weighted by atomic mass is 9.88. The highest BCUT2D eigenvalue weighted by Crippen LogP contribution is 2.28. The molecular formula is C10H19N3. The van der Waals surface area contributed by atoms with E-state index in [4.69, 9.17) is 0 Å². The van der Waals surface area contributed by atoms with Crippen molar-refractivity contribution in [2.24, 2.45) is 0 Å². The van der Waals surface area contributed by atoms with Crippen molar-refractivity contribution in [3.8, 4) is 0 Å². The normalized spacial score (nSPS) is 11.8. The Bertz CT molecular complexity index is 270. The van der Waals surface area contributed by atoms with Crippen LogP contribution in [0.15, 0.2) is 6.20 Å². The van der Waals surface area contributed by atoms with E-state index in [9.17, 15) is 0 Å². The zero-order valence-corrected chi connectivity index (χ0v) is 9.18. The third-order valence-corrected chi connectivity index (χ3v) is 2.28. The van der Waals surface area contributed by atoms with Gasteiger partial charge >= 0.3 is 0 Å². The van der Waals surface area contributed by atoms with E-state index in [1.165, 1.54) is 5.56 Å². The van der Waals surface area contributed by atoms with Crippen LogP contribution in [-0.2, 0) is 5.41 Å². The third kappa shape index (κ3) is 2.02. The van der Waals surface area contributed by atoms with Crippen LogP contribution in [0.4, 0.5) is 5.82 Å². The van der Waals surface area contributed by atoms with Crippen LogP contribution in [0.25, 0.3) is 0 Å². The van der Waals surface area contributed by atoms with E-state index in [0.29, 0.717) is 0 Å². The van der Waals surface area contributed by atoms with Gasteiger partial charge in [-0.3, -0.25) is 5.10 Å². The summed E-state index contributed by atoms with van der Waals surface area (Å²) in [5.41, 5.74) is 1.43. The molecule has 0 saturated heterocycles. The minimum absolute atomic E-state index is 0.158. The molecule has 1 aromatic heterocycles. The lowest BCUT2D eigenvalue weighted by Crippen LogP contribution is -2.21. The number of nitrogens with one attached hydrogen (secondary N) is 1. The van der Waals surface area contributed by atoms with Gasteiger partial charge in [0.05, 0.1) is 6.20 Å². The van der Waals surface area contributed by atoms with Gasteiger partial charge in [-0.1, -0.05) is 20.8 Å². The van der Waals surface area contributed by atoms with Crippen LogP contribution in [0, 0.1) is 0 Å². The summed E-state index contributed by atoms with van der Waals surface area (Å²) in [6.07, 6.45) is 1.92. The highest BCUT2D eigenvalue weighted by Gasteiger charge is 2.21. The van der Waals surface area contributed by atoms with Crippen LogP contribution in [0.2, 0.25) is 0 Å². The Labute approximate surface area is 80.1 Å². The largest absolute Gasteiger partial charge is 0.360 e. The van der Waals surface area contributed by atoms with Crippen LogP contribution in [-0.4, -0.2) is 23.8 Å². The van der Waals surface area contributed by atoms with Gasteiger partial charge in [0.25, 0.3) is 0 Å². The molecule has 1 N–H and O–H groups in total. The first-order valence-corrected chi connectivity index (χ1v) is 4.71. The molecular weight excluding hydrogens is 162 g/mol. The second-order valence-corrected chi connectivity index (χ2v) is 4.40. The number of hydrogen-bond acceptors (Lipinski definition) is 2. The zero-order chi connectivity index (χ0) is 10.1. The topological polar surface area (TPSA) is 31.9 Å². The summed E-state index contributed by atoms with van der Waals surface area (Å²) in [4.78, 5) is 2.17. The van der Waals surface area contributed by atoms with Crippen molar-refractivity contribution >= 4 is 5.82 Å². The molecule has 0 unspecified atom stereocenters. The number of aromatic amines is 1. The number of nitrogens with zero attached hydrogens (tertiary/aromatic N) is 2. The summed E-state index contributed by atoms with van der Waals surface area (Å²) in [5.74, 6) is 1.13. The first kappa shape index (κ1) is 10.1. The van der Waals surface area contributed by atoms with E-state index in [1.54, 1.807) is 0 Å². The van der Waals surface area contributed by atoms with Crippen molar-refractivity contribution in [1.82, 2.24) is 10.2 Å². The Morgan fingerprint density at radius 1 is 1.46 bits per heavy atom. The summed E-state index contributed by atoms with van der Waals surface area (Å²) in [5, 5.41) is 7.13. The minimum Gasteiger partial charge on any atom is -0.360 e. The van der Waals surface area contributed by atoms with Crippen molar-refractivity contribution < 1.29 is 0 Å². The predicted molar refractivity (Wildman–Crippen MR) is 56.2 cm³/mol. The Balaban J connectivity index is 3.03. The molecule has 0 aliphatic rings. The predicted octanol–water partition coefficient (Wildman–Crippen LogP) is 2.16. The maximum Gasteiger partial charge on any atom is 0.127 e. The van der Waals surface area contributed by atoms with Crippen molar-refractivity contribution in [3.05, 3.63) is 11.8 Å². The standard InChI is InChI=1S/C10H19N3/c1-6-13(5)9-8(7-11-12-9)10(2,3)4/h7H,6H2,1-5H3,(H,11,12). The molecule has 0 atom stereocenters. The smallest absolute Gasteiger partial charge is 0.127 e. The van der Waals surface area contributed by atoms with Gasteiger partial charge in [-0.15, -0.1) is 0 Å². The minimum atomic E-state index is 0.158. The molecule has 3 heteroatoms. The van der Waals surface area contributed by atoms with Gasteiger partial charge in [-0.05, 0) is 12.3 Å². The van der Waals surface area contributed by atoms with Gasteiger partial charge in [0.15, 0.2) is 0 Å². The molecule has 1 aromatic rings. The van der Waals surface area contributed by atoms with Crippen molar-refractivity contribution in [2.45, 2.75) is 33.1 Å². The summed E-state index contributed by atoms with van der Waals surface area (Å²) < 4.78 is 0. The highest BCUT2D eigenvalue weighted by atomic mass is 15.3. The van der Waals surface area contributed by atoms with Gasteiger partial charge in [0.2, 0.25) is 0 Å². The van der Waals surface area contributed by atoms with Crippen molar-refractivity contribution in [3.63, 3.8) is 0 Å². The molecule has 0 aliphatic heterocycles. The summed E-state index contributed by atoms with van der Waals surface area (Å²) >= 11 is 0. The quantitative estimate of drug-likeness (QED) is 0.758. The van der Waals surface area contributed by atoms with Gasteiger partial charge in [0.1, 0.15) is 5.82 Å². The average Bonchev–Trinajstić information content (AvgIpc) is 2.49. The fraction of sp³-hybridized carbons (Fsp3) is 0.700. The summed E-state index contributed by atoms with van der Waals surface area (Å²) in [7, 11) is 2.07. The van der Waals surface area contributed by atoms with E-state index in [2.05, 4.69) is 49.8 Å². The van der Waals surface area contributed by atoms with Crippen molar-refractivity contribution in [2.75, 3.05) is 18.5 Å². The summed E-state index contributed by atoms with van der Waals surface area (Å²) in [6, 6.07) is 0. The average molecular weight is 181 g/mol. The molecule has 0 aliphatic carbocycles. The van der Waals surface area contributed by atoms with Crippen LogP contribution in [0.3, 0.4) is 0 Å². The van der Waals surface area contributed by atoms with E-state index < -0.39 is 0 Å². The van der Waals surface area contributed by atoms with Gasteiger partial charge < -0.3 is 4.90 Å². The molecule has 0 amide bonds. The lowest BCUT2D eigenvalue weighted by Gasteiger charge is -2.23. The van der Waals surface area contributed by atoms with E-state index in [0.717, 1.165) is 12.4 Å². The monoisotopic (exact) mass is 181 g/mol. The fourth-order valence-electron chi connectivity index (χ4n) is 1.28. The SMILES string of the molecule is CCN(C)c1[nH]ncc1C(C)(C)C. The number of H-pyrrole nitrogens is 1. The zero-order valence-electron chi connectivity index (χ0n) is 9.18. The molecule has 13 heavy (non-hydrogen) atoms. The number of hydrogen-bond donors (Lipinski definition) is 1. The lowest BCUT2D eigenvalue weighted by molar-refractivity contribution is 0.589. The molecule has 0 spiro atoms. The van der Waals surface area contributed by atoms with Crippen molar-refractivity contribution in [1.29, 1.82) is 0 Å². The van der Waals surface area contributed by atoms with Gasteiger partial charge in [0, 0.05) is 19.2 Å². The molecule has 3 nitrogen and oxygen atoms in total. The Morgan fingerprint density at radius 3 is 2.54 bits per heavy atom. The molecule has 0 bridgehead atoms. The highest BCUT2D eigenvalue weighted by molar-refractivity contribution is 5.48. The van der Waals surface area contributed by atoms with Gasteiger partial charge in [-0.25, -0.2) is 0 Å². The van der Waals surface area contributed by atoms with Crippen LogP contribution >= 0.6 is 0 Å². The van der Waals surface area contributed by atoms with Gasteiger partial charge in [-0.2, -0.15) is 5.10 Å². The molecule has 0 aromatic carbocycles. The third-order valence-electron chi connectivity index (χ3n) is 2.28. The molecule has 0 radical (unpaired) electrons. The summed E-state index contributed by atoms with van der Waals surface area (Å²) in [6.45, 7) is 9.72. The number of anilines is 1.